The van der Waals surface area contributed by atoms with Gasteiger partial charge in [-0.15, -0.1) is 0 Å². The van der Waals surface area contributed by atoms with Gasteiger partial charge in [0.15, 0.2) is 0 Å². The Balaban J connectivity index is 1.11. The standard InChI is InChI=1S/C36H42N2O3S/c1-36(2,3)32-14-11-29(12-15-32)21-23-38-24-22-30-26-35(20-13-31(30)27-38)42(39,40)37-33-16-18-34(19-17-33)41-25-7-10-28-8-5-4-6-9-28/h4-6,8-9,11-20,26,37H,7,10,21-25,27H2,1-3H3. The fourth-order valence-corrected chi connectivity index (χ4v) is 6.46. The zero-order valence-corrected chi connectivity index (χ0v) is 25.8. The van der Waals surface area contributed by atoms with Crippen LogP contribution in [0.2, 0.25) is 0 Å². The van der Waals surface area contributed by atoms with Crippen molar-refractivity contribution in [1.82, 2.24) is 4.90 Å². The highest BCUT2D eigenvalue weighted by Crippen LogP contribution is 2.26. The lowest BCUT2D eigenvalue weighted by Gasteiger charge is -2.29. The molecular weight excluding hydrogens is 540 g/mol. The third-order valence-corrected chi connectivity index (χ3v) is 9.32. The first kappa shape index (κ1) is 29.9. The van der Waals surface area contributed by atoms with Crippen molar-refractivity contribution in [3.8, 4) is 5.75 Å². The number of ether oxygens (including phenoxy) is 1. The van der Waals surface area contributed by atoms with Crippen molar-refractivity contribution in [1.29, 1.82) is 0 Å². The highest BCUT2D eigenvalue weighted by Gasteiger charge is 2.21. The number of sulfonamides is 1. The summed E-state index contributed by atoms with van der Waals surface area (Å²) in [7, 11) is -3.69. The second-order valence-electron chi connectivity index (χ2n) is 12.2. The minimum atomic E-state index is -3.69. The molecule has 220 valence electrons. The normalized spacial score (nSPS) is 13.9. The summed E-state index contributed by atoms with van der Waals surface area (Å²) in [6, 6.07) is 32.0. The predicted octanol–water partition coefficient (Wildman–Crippen LogP) is 7.40. The Labute approximate surface area is 251 Å². The summed E-state index contributed by atoms with van der Waals surface area (Å²) in [4.78, 5) is 2.76. The molecule has 0 amide bonds. The molecule has 0 saturated heterocycles. The molecule has 4 aromatic carbocycles. The van der Waals surface area contributed by atoms with E-state index in [4.69, 9.17) is 4.74 Å². The van der Waals surface area contributed by atoms with Gasteiger partial charge in [-0.1, -0.05) is 81.4 Å². The van der Waals surface area contributed by atoms with Gasteiger partial charge in [0.2, 0.25) is 0 Å². The van der Waals surface area contributed by atoms with Gasteiger partial charge in [-0.3, -0.25) is 9.62 Å². The van der Waals surface area contributed by atoms with Gasteiger partial charge in [-0.05, 0) is 95.3 Å². The van der Waals surface area contributed by atoms with Gasteiger partial charge in [0.05, 0.1) is 11.5 Å². The summed E-state index contributed by atoms with van der Waals surface area (Å²) in [6.07, 6.45) is 3.73. The number of benzene rings is 4. The maximum absolute atomic E-state index is 13.2. The van der Waals surface area contributed by atoms with Crippen LogP contribution in [0.5, 0.6) is 5.75 Å². The van der Waals surface area contributed by atoms with Gasteiger partial charge in [-0.25, -0.2) is 8.42 Å². The van der Waals surface area contributed by atoms with Gasteiger partial charge in [0, 0.05) is 25.3 Å². The van der Waals surface area contributed by atoms with Gasteiger partial charge < -0.3 is 4.74 Å². The highest BCUT2D eigenvalue weighted by atomic mass is 32.2. The number of aryl methyl sites for hydroxylation is 1. The maximum atomic E-state index is 13.2. The van der Waals surface area contributed by atoms with Crippen LogP contribution in [-0.2, 0) is 41.2 Å². The fraction of sp³-hybridized carbons (Fsp3) is 0.333. The van der Waals surface area contributed by atoms with Crippen LogP contribution in [0.1, 0.15) is 55.0 Å². The third-order valence-electron chi connectivity index (χ3n) is 7.94. The SMILES string of the molecule is CC(C)(C)c1ccc(CCN2CCc3cc(S(=O)(=O)Nc4ccc(OCCCc5ccccc5)cc4)ccc3C2)cc1. The molecular formula is C36H42N2O3S. The molecule has 6 heteroatoms. The van der Waals surface area contributed by atoms with Crippen LogP contribution in [0.25, 0.3) is 0 Å². The van der Waals surface area contributed by atoms with E-state index in [0.717, 1.165) is 56.6 Å². The minimum Gasteiger partial charge on any atom is -0.494 e. The summed E-state index contributed by atoms with van der Waals surface area (Å²) >= 11 is 0. The second kappa shape index (κ2) is 13.1. The summed E-state index contributed by atoms with van der Waals surface area (Å²) in [5.74, 6) is 0.728. The van der Waals surface area contributed by atoms with Crippen LogP contribution >= 0.6 is 0 Å². The average Bonchev–Trinajstić information content (AvgIpc) is 2.99. The maximum Gasteiger partial charge on any atom is 0.261 e. The molecule has 1 aliphatic rings. The zero-order chi connectivity index (χ0) is 29.6. The van der Waals surface area contributed by atoms with Gasteiger partial charge >= 0.3 is 0 Å². The molecule has 0 radical (unpaired) electrons. The smallest absolute Gasteiger partial charge is 0.261 e. The average molecular weight is 583 g/mol. The Bertz CT molecular complexity index is 1560. The molecule has 0 aliphatic carbocycles. The quantitative estimate of drug-likeness (QED) is 0.187. The van der Waals surface area contributed by atoms with Gasteiger partial charge in [-0.2, -0.15) is 0 Å². The molecule has 0 unspecified atom stereocenters. The zero-order valence-electron chi connectivity index (χ0n) is 25.0. The Morgan fingerprint density at radius 2 is 1.52 bits per heavy atom. The third kappa shape index (κ3) is 8.02. The van der Waals surface area contributed by atoms with Crippen molar-refractivity contribution in [3.63, 3.8) is 0 Å². The van der Waals surface area contributed by atoms with Gasteiger partial charge in [0.25, 0.3) is 10.0 Å². The van der Waals surface area contributed by atoms with E-state index < -0.39 is 10.0 Å². The topological polar surface area (TPSA) is 58.6 Å². The van der Waals surface area contributed by atoms with Crippen molar-refractivity contribution in [3.05, 3.63) is 125 Å². The second-order valence-corrected chi connectivity index (χ2v) is 13.9. The van der Waals surface area contributed by atoms with Crippen LogP contribution in [0, 0.1) is 0 Å². The number of nitrogens with one attached hydrogen (secondary N) is 1. The lowest BCUT2D eigenvalue weighted by atomic mass is 9.86. The van der Waals surface area contributed by atoms with E-state index in [9.17, 15) is 8.42 Å². The van der Waals surface area contributed by atoms with Crippen LogP contribution in [0.3, 0.4) is 0 Å². The first-order valence-corrected chi connectivity index (χ1v) is 16.4. The first-order valence-electron chi connectivity index (χ1n) is 14.9. The highest BCUT2D eigenvalue weighted by molar-refractivity contribution is 7.92. The Hall–Kier alpha value is -3.61. The molecule has 0 aromatic heterocycles. The van der Waals surface area contributed by atoms with Crippen molar-refractivity contribution >= 4 is 15.7 Å². The van der Waals surface area contributed by atoms with Crippen LogP contribution in [0.4, 0.5) is 5.69 Å². The van der Waals surface area contributed by atoms with E-state index in [1.165, 1.54) is 22.3 Å². The van der Waals surface area contributed by atoms with Crippen LogP contribution in [-0.4, -0.2) is 33.0 Å². The Kier molecular flexibility index (Phi) is 9.34. The van der Waals surface area contributed by atoms with E-state index in [1.807, 2.05) is 30.3 Å². The summed E-state index contributed by atoms with van der Waals surface area (Å²) in [5, 5.41) is 0. The number of fused-ring (bicyclic) bond motifs is 1. The van der Waals surface area contributed by atoms with E-state index >= 15 is 0 Å². The molecule has 5 nitrogen and oxygen atoms in total. The largest absolute Gasteiger partial charge is 0.494 e. The fourth-order valence-electron chi connectivity index (χ4n) is 5.35. The van der Waals surface area contributed by atoms with Crippen LogP contribution in [0.15, 0.2) is 102 Å². The van der Waals surface area contributed by atoms with E-state index in [0.29, 0.717) is 17.2 Å². The lowest BCUT2D eigenvalue weighted by Crippen LogP contribution is -2.32. The monoisotopic (exact) mass is 582 g/mol. The van der Waals surface area contributed by atoms with E-state index in [2.05, 4.69) is 66.8 Å². The molecule has 4 aromatic rings. The first-order chi connectivity index (χ1) is 20.2. The number of hydrogen-bond donors (Lipinski definition) is 1. The summed E-state index contributed by atoms with van der Waals surface area (Å²) in [5.41, 5.74) is 7.01. The van der Waals surface area contributed by atoms with Crippen molar-refractivity contribution in [2.45, 2.75) is 63.3 Å². The number of nitrogens with zero attached hydrogens (tertiary/aromatic N) is 1. The molecule has 1 N–H and O–H groups in total. The van der Waals surface area contributed by atoms with E-state index in [1.54, 1.807) is 30.3 Å². The molecule has 0 atom stereocenters. The van der Waals surface area contributed by atoms with Gasteiger partial charge in [0.1, 0.15) is 5.75 Å². The Morgan fingerprint density at radius 1 is 0.810 bits per heavy atom. The molecule has 1 aliphatic heterocycles. The van der Waals surface area contributed by atoms with Crippen LogP contribution < -0.4 is 9.46 Å². The molecule has 0 saturated carbocycles. The number of hydrogen-bond acceptors (Lipinski definition) is 4. The predicted molar refractivity (Wildman–Crippen MR) is 172 cm³/mol. The van der Waals surface area contributed by atoms with Crippen molar-refractivity contribution in [2.75, 3.05) is 24.4 Å². The number of rotatable bonds is 11. The molecule has 0 spiro atoms. The molecule has 0 fully saturated rings. The molecule has 42 heavy (non-hydrogen) atoms. The summed E-state index contributed by atoms with van der Waals surface area (Å²) in [6.45, 7) is 10.1. The summed E-state index contributed by atoms with van der Waals surface area (Å²) < 4.78 is 34.9. The molecule has 1 heterocycles. The lowest BCUT2D eigenvalue weighted by molar-refractivity contribution is 0.257. The van der Waals surface area contributed by atoms with Crippen molar-refractivity contribution in [2.24, 2.45) is 0 Å². The molecule has 5 rings (SSSR count). The minimum absolute atomic E-state index is 0.166. The Morgan fingerprint density at radius 3 is 2.24 bits per heavy atom. The number of anilines is 1. The van der Waals surface area contributed by atoms with E-state index in [-0.39, 0.29) is 5.41 Å². The van der Waals surface area contributed by atoms with Crippen molar-refractivity contribution < 1.29 is 13.2 Å². The molecule has 0 bridgehead atoms.